The van der Waals surface area contributed by atoms with Gasteiger partial charge in [0.25, 0.3) is 5.91 Å². The number of alkyl carbamates (subject to hydrolysis) is 1. The molecule has 0 fully saturated rings. The predicted molar refractivity (Wildman–Crippen MR) is 110 cm³/mol. The van der Waals surface area contributed by atoms with Crippen molar-refractivity contribution in [2.45, 2.75) is 66.0 Å². The molecule has 0 radical (unpaired) electrons. The zero-order valence-corrected chi connectivity index (χ0v) is 17.8. The maximum Gasteiger partial charge on any atom is 0.407 e. The number of amides is 2. The third-order valence-corrected chi connectivity index (χ3v) is 3.90. The molecule has 0 unspecified atom stereocenters. The average Bonchev–Trinajstić information content (AvgIpc) is 2.56. The van der Waals surface area contributed by atoms with Crippen molar-refractivity contribution in [2.75, 3.05) is 24.5 Å². The summed E-state index contributed by atoms with van der Waals surface area (Å²) in [5.74, 6) is -0.170. The monoisotopic (exact) mass is 377 g/mol. The highest BCUT2D eigenvalue weighted by molar-refractivity contribution is 5.95. The molecular weight excluding hydrogens is 342 g/mol. The van der Waals surface area contributed by atoms with Crippen LogP contribution in [0.1, 0.15) is 65.2 Å². The minimum absolute atomic E-state index is 0.170. The van der Waals surface area contributed by atoms with E-state index in [2.05, 4.69) is 29.4 Å². The van der Waals surface area contributed by atoms with Crippen LogP contribution < -0.4 is 15.5 Å². The smallest absolute Gasteiger partial charge is 0.407 e. The number of benzene rings is 1. The summed E-state index contributed by atoms with van der Waals surface area (Å²) in [6, 6.07) is 7.61. The Balaban J connectivity index is 2.64. The van der Waals surface area contributed by atoms with E-state index < -0.39 is 17.2 Å². The zero-order chi connectivity index (χ0) is 20.7. The summed E-state index contributed by atoms with van der Waals surface area (Å²) in [5, 5.41) is 5.66. The van der Waals surface area contributed by atoms with Crippen LogP contribution in [0.2, 0.25) is 0 Å². The normalized spacial score (nSPS) is 11.7. The van der Waals surface area contributed by atoms with Crippen molar-refractivity contribution < 1.29 is 14.3 Å². The number of ether oxygens (including phenoxy) is 1. The van der Waals surface area contributed by atoms with E-state index in [0.717, 1.165) is 25.2 Å². The van der Waals surface area contributed by atoms with Crippen molar-refractivity contribution in [1.29, 1.82) is 0 Å². The van der Waals surface area contributed by atoms with Crippen LogP contribution in [0.4, 0.5) is 10.5 Å². The van der Waals surface area contributed by atoms with Gasteiger partial charge in [0.1, 0.15) is 5.60 Å². The molecule has 2 amide bonds. The van der Waals surface area contributed by atoms with Crippen LogP contribution in [0.5, 0.6) is 0 Å². The number of carbonyl (C=O) groups excluding carboxylic acids is 2. The number of nitrogens with zero attached hydrogens (tertiary/aromatic N) is 1. The fourth-order valence-electron chi connectivity index (χ4n) is 2.59. The first-order valence-corrected chi connectivity index (χ1v) is 9.62. The van der Waals surface area contributed by atoms with Crippen LogP contribution in [0, 0.1) is 0 Å². The summed E-state index contributed by atoms with van der Waals surface area (Å²) in [5.41, 5.74) is 0.548. The second-order valence-corrected chi connectivity index (χ2v) is 8.32. The van der Waals surface area contributed by atoms with Gasteiger partial charge in [-0.3, -0.25) is 4.79 Å². The molecule has 2 N–H and O–H groups in total. The number of hydrogen-bond donors (Lipinski definition) is 2. The Hall–Kier alpha value is -2.24. The Kier molecular flexibility index (Phi) is 8.13. The molecule has 1 rings (SSSR count). The van der Waals surface area contributed by atoms with Gasteiger partial charge in [0.15, 0.2) is 0 Å². The Morgan fingerprint density at radius 1 is 1.04 bits per heavy atom. The molecule has 152 valence electrons. The fraction of sp³-hybridized carbons (Fsp3) is 0.619. The quantitative estimate of drug-likeness (QED) is 0.719. The van der Waals surface area contributed by atoms with E-state index in [1.54, 1.807) is 0 Å². The molecule has 0 bridgehead atoms. The molecule has 0 aliphatic rings. The highest BCUT2D eigenvalue weighted by Gasteiger charge is 2.24. The minimum Gasteiger partial charge on any atom is -0.444 e. The summed E-state index contributed by atoms with van der Waals surface area (Å²) >= 11 is 0. The van der Waals surface area contributed by atoms with E-state index in [1.807, 2.05) is 58.9 Å². The molecule has 0 aliphatic carbocycles. The SMILES string of the molecule is CCCN(CC)c1ccc(C(=O)NC(C)(C)CNC(=O)OC(C)(C)C)cc1. The van der Waals surface area contributed by atoms with E-state index in [9.17, 15) is 9.59 Å². The molecule has 1 aromatic rings. The lowest BCUT2D eigenvalue weighted by Crippen LogP contribution is -2.52. The average molecular weight is 378 g/mol. The van der Waals surface area contributed by atoms with Gasteiger partial charge in [0.2, 0.25) is 0 Å². The van der Waals surface area contributed by atoms with Crippen LogP contribution >= 0.6 is 0 Å². The number of carbonyl (C=O) groups is 2. The first-order chi connectivity index (χ1) is 12.5. The molecule has 0 atom stereocenters. The molecule has 0 saturated heterocycles. The lowest BCUT2D eigenvalue weighted by atomic mass is 10.0. The lowest BCUT2D eigenvalue weighted by molar-refractivity contribution is 0.0509. The molecule has 0 aliphatic heterocycles. The maximum absolute atomic E-state index is 12.5. The third kappa shape index (κ3) is 8.33. The summed E-state index contributed by atoms with van der Waals surface area (Å²) < 4.78 is 5.22. The molecular formula is C21H35N3O3. The van der Waals surface area contributed by atoms with Crippen molar-refractivity contribution in [3.63, 3.8) is 0 Å². The standard InChI is InChI=1S/C21H35N3O3/c1-8-14-24(9-2)17-12-10-16(11-13-17)18(25)23-21(6,7)15-22-19(26)27-20(3,4)5/h10-13H,8-9,14-15H2,1-7H3,(H,22,26)(H,23,25). The van der Waals surface area contributed by atoms with Gasteiger partial charge in [0, 0.05) is 30.9 Å². The summed E-state index contributed by atoms with van der Waals surface area (Å²) in [7, 11) is 0. The van der Waals surface area contributed by atoms with Crippen LogP contribution in [0.25, 0.3) is 0 Å². The second kappa shape index (κ2) is 9.62. The zero-order valence-electron chi connectivity index (χ0n) is 17.8. The van der Waals surface area contributed by atoms with E-state index in [4.69, 9.17) is 4.74 Å². The molecule has 27 heavy (non-hydrogen) atoms. The number of rotatable bonds is 8. The summed E-state index contributed by atoms with van der Waals surface area (Å²) in [6.07, 6.45) is 0.583. The Morgan fingerprint density at radius 2 is 1.63 bits per heavy atom. The molecule has 0 aromatic heterocycles. The van der Waals surface area contributed by atoms with E-state index in [1.165, 1.54) is 0 Å². The van der Waals surface area contributed by atoms with Gasteiger partial charge < -0.3 is 20.3 Å². The lowest BCUT2D eigenvalue weighted by Gasteiger charge is -2.28. The first kappa shape index (κ1) is 22.8. The predicted octanol–water partition coefficient (Wildman–Crippen LogP) is 3.96. The van der Waals surface area contributed by atoms with E-state index in [0.29, 0.717) is 5.56 Å². The Bertz CT molecular complexity index is 619. The highest BCUT2D eigenvalue weighted by atomic mass is 16.6. The van der Waals surface area contributed by atoms with Crippen LogP contribution in [0.3, 0.4) is 0 Å². The van der Waals surface area contributed by atoms with E-state index >= 15 is 0 Å². The second-order valence-electron chi connectivity index (χ2n) is 8.32. The molecule has 0 heterocycles. The maximum atomic E-state index is 12.5. The minimum atomic E-state index is -0.607. The topological polar surface area (TPSA) is 70.7 Å². The Labute approximate surface area is 163 Å². The fourth-order valence-corrected chi connectivity index (χ4v) is 2.59. The van der Waals surface area contributed by atoms with Crippen molar-refractivity contribution in [1.82, 2.24) is 10.6 Å². The van der Waals surface area contributed by atoms with Gasteiger partial charge in [-0.15, -0.1) is 0 Å². The van der Waals surface area contributed by atoms with Crippen molar-refractivity contribution in [3.05, 3.63) is 29.8 Å². The van der Waals surface area contributed by atoms with Gasteiger partial charge >= 0.3 is 6.09 Å². The van der Waals surface area contributed by atoms with Gasteiger partial charge in [-0.25, -0.2) is 4.79 Å². The first-order valence-electron chi connectivity index (χ1n) is 9.62. The molecule has 6 nitrogen and oxygen atoms in total. The van der Waals surface area contributed by atoms with Crippen LogP contribution in [0.15, 0.2) is 24.3 Å². The van der Waals surface area contributed by atoms with Gasteiger partial charge in [0.05, 0.1) is 5.54 Å². The van der Waals surface area contributed by atoms with Gasteiger partial charge in [-0.05, 0) is 72.2 Å². The van der Waals surface area contributed by atoms with Gasteiger partial charge in [-0.2, -0.15) is 0 Å². The number of nitrogens with one attached hydrogen (secondary N) is 2. The van der Waals surface area contributed by atoms with Crippen molar-refractivity contribution in [2.24, 2.45) is 0 Å². The Morgan fingerprint density at radius 3 is 2.11 bits per heavy atom. The van der Waals surface area contributed by atoms with Crippen LogP contribution in [-0.2, 0) is 4.74 Å². The molecule has 0 saturated carbocycles. The highest BCUT2D eigenvalue weighted by Crippen LogP contribution is 2.16. The summed E-state index contributed by atoms with van der Waals surface area (Å²) in [4.78, 5) is 26.6. The number of anilines is 1. The molecule has 0 spiro atoms. The molecule has 6 heteroatoms. The number of hydrogen-bond acceptors (Lipinski definition) is 4. The van der Waals surface area contributed by atoms with E-state index in [-0.39, 0.29) is 12.5 Å². The van der Waals surface area contributed by atoms with Crippen molar-refractivity contribution in [3.8, 4) is 0 Å². The third-order valence-electron chi connectivity index (χ3n) is 3.90. The largest absolute Gasteiger partial charge is 0.444 e. The van der Waals surface area contributed by atoms with Gasteiger partial charge in [-0.1, -0.05) is 6.92 Å². The molecule has 1 aromatic carbocycles. The van der Waals surface area contributed by atoms with Crippen molar-refractivity contribution >= 4 is 17.7 Å². The summed E-state index contributed by atoms with van der Waals surface area (Å²) in [6.45, 7) is 15.6. The van der Waals surface area contributed by atoms with Crippen LogP contribution in [-0.4, -0.2) is 42.8 Å².